The van der Waals surface area contributed by atoms with Crippen LogP contribution in [-0.2, 0) is 28.6 Å². The van der Waals surface area contributed by atoms with E-state index >= 15 is 0 Å². The summed E-state index contributed by atoms with van der Waals surface area (Å²) in [6, 6.07) is 0. The molecule has 6 nitrogen and oxygen atoms in total. The highest BCUT2D eigenvalue weighted by Gasteiger charge is 2.64. The smallest absolute Gasteiger partial charge is 0.309 e. The van der Waals surface area contributed by atoms with Crippen molar-refractivity contribution >= 4 is 17.9 Å². The molecule has 0 aliphatic heterocycles. The summed E-state index contributed by atoms with van der Waals surface area (Å²) in [4.78, 5) is 37.0. The van der Waals surface area contributed by atoms with E-state index in [0.29, 0.717) is 12.8 Å². The molecule has 0 aromatic rings. The van der Waals surface area contributed by atoms with Crippen molar-refractivity contribution in [3.63, 3.8) is 0 Å². The Balaban J connectivity index is 2.49. The maximum Gasteiger partial charge on any atom is 0.309 e. The Kier molecular flexibility index (Phi) is 9.40. The van der Waals surface area contributed by atoms with E-state index in [4.69, 9.17) is 14.2 Å². The molecule has 0 aromatic heterocycles. The summed E-state index contributed by atoms with van der Waals surface area (Å²) in [5.74, 6) is -0.558. The van der Waals surface area contributed by atoms with Crippen LogP contribution >= 0.6 is 0 Å². The minimum absolute atomic E-state index is 0.0135. The zero-order valence-electron chi connectivity index (χ0n) is 22.7. The molecule has 0 bridgehead atoms. The van der Waals surface area contributed by atoms with Gasteiger partial charge in [-0.25, -0.2) is 0 Å². The first-order chi connectivity index (χ1) is 15.8. The summed E-state index contributed by atoms with van der Waals surface area (Å²) in [6.07, 6.45) is 6.01. The van der Waals surface area contributed by atoms with Gasteiger partial charge in [-0.05, 0) is 56.3 Å². The molecule has 2 aliphatic rings. The Labute approximate surface area is 206 Å². The fraction of sp³-hybridized carbons (Fsp3) is 0.821. The van der Waals surface area contributed by atoms with Gasteiger partial charge in [-0.15, -0.1) is 0 Å². The summed E-state index contributed by atoms with van der Waals surface area (Å²) < 4.78 is 17.1. The molecule has 0 unspecified atom stereocenters. The van der Waals surface area contributed by atoms with Crippen molar-refractivity contribution < 1.29 is 28.6 Å². The molecule has 1 fully saturated rings. The maximum atomic E-state index is 13.0. The first kappa shape index (κ1) is 28.4. The zero-order chi connectivity index (χ0) is 25.8. The van der Waals surface area contributed by atoms with E-state index in [9.17, 15) is 14.4 Å². The van der Waals surface area contributed by atoms with Crippen LogP contribution < -0.4 is 0 Å². The largest absolute Gasteiger partial charge is 0.469 e. The first-order valence-corrected chi connectivity index (χ1v) is 12.9. The van der Waals surface area contributed by atoms with Crippen LogP contribution in [0.15, 0.2) is 11.6 Å². The van der Waals surface area contributed by atoms with Gasteiger partial charge >= 0.3 is 17.9 Å². The Hall–Kier alpha value is -1.85. The molecule has 0 N–H and O–H groups in total. The molecule has 0 saturated heterocycles. The molecule has 194 valence electrons. The number of carbonyl (C=O) groups excluding carboxylic acids is 3. The summed E-state index contributed by atoms with van der Waals surface area (Å²) in [7, 11) is 1.42. The van der Waals surface area contributed by atoms with Crippen molar-refractivity contribution in [3.8, 4) is 0 Å². The van der Waals surface area contributed by atoms with Gasteiger partial charge in [0.2, 0.25) is 0 Å². The maximum absolute atomic E-state index is 13.0. The van der Waals surface area contributed by atoms with Gasteiger partial charge in [-0.2, -0.15) is 0 Å². The molecule has 2 rings (SSSR count). The summed E-state index contributed by atoms with van der Waals surface area (Å²) in [5, 5.41) is 0. The van der Waals surface area contributed by atoms with Crippen LogP contribution in [0.4, 0.5) is 0 Å². The lowest BCUT2D eigenvalue weighted by molar-refractivity contribution is -0.225. The molecular weight excluding hydrogens is 432 g/mol. The van der Waals surface area contributed by atoms with E-state index in [1.54, 1.807) is 0 Å². The third kappa shape index (κ3) is 5.52. The Morgan fingerprint density at radius 3 is 2.38 bits per heavy atom. The lowest BCUT2D eigenvalue weighted by Gasteiger charge is -2.62. The van der Waals surface area contributed by atoms with Gasteiger partial charge < -0.3 is 14.2 Å². The quantitative estimate of drug-likeness (QED) is 0.234. The highest BCUT2D eigenvalue weighted by atomic mass is 16.6. The molecule has 0 aromatic carbocycles. The van der Waals surface area contributed by atoms with Gasteiger partial charge in [-0.1, -0.05) is 53.2 Å². The SMILES string of the molecule is CC[C@@H](C)C(=O)O[C@H]1[C@H](OC(C)=O)[C@@H](C)[C@](C)(CC[C@H](C)CC(=O)OC)[C@H]2CCC=C(C)[C@@]21C. The Morgan fingerprint density at radius 2 is 1.82 bits per heavy atom. The Bertz CT molecular complexity index is 788. The predicted molar refractivity (Wildman–Crippen MR) is 132 cm³/mol. The minimum Gasteiger partial charge on any atom is -0.469 e. The van der Waals surface area contributed by atoms with Crippen LogP contribution in [0.25, 0.3) is 0 Å². The van der Waals surface area contributed by atoms with E-state index in [0.717, 1.165) is 25.7 Å². The van der Waals surface area contributed by atoms with Crippen molar-refractivity contribution in [2.45, 2.75) is 106 Å². The zero-order valence-corrected chi connectivity index (χ0v) is 22.7. The van der Waals surface area contributed by atoms with E-state index in [-0.39, 0.29) is 47.0 Å². The number of methoxy groups -OCH3 is 1. The lowest BCUT2D eigenvalue weighted by atomic mass is 9.45. The van der Waals surface area contributed by atoms with Crippen molar-refractivity contribution in [3.05, 3.63) is 11.6 Å². The number of hydrogen-bond donors (Lipinski definition) is 0. The van der Waals surface area contributed by atoms with Crippen molar-refractivity contribution in [2.24, 2.45) is 34.5 Å². The van der Waals surface area contributed by atoms with E-state index in [2.05, 4.69) is 40.7 Å². The van der Waals surface area contributed by atoms with Crippen LogP contribution in [0.2, 0.25) is 0 Å². The second-order valence-electron chi connectivity index (χ2n) is 11.3. The average molecular weight is 479 g/mol. The highest BCUT2D eigenvalue weighted by Crippen LogP contribution is 2.63. The number of carbonyl (C=O) groups is 3. The number of esters is 3. The minimum atomic E-state index is -0.533. The fourth-order valence-electron chi connectivity index (χ4n) is 6.38. The van der Waals surface area contributed by atoms with Crippen molar-refractivity contribution in [1.29, 1.82) is 0 Å². The lowest BCUT2D eigenvalue weighted by Crippen LogP contribution is -2.65. The third-order valence-electron chi connectivity index (χ3n) is 9.18. The molecule has 6 heteroatoms. The van der Waals surface area contributed by atoms with E-state index in [1.165, 1.54) is 19.6 Å². The van der Waals surface area contributed by atoms with Gasteiger partial charge in [0, 0.05) is 24.7 Å². The molecule has 0 radical (unpaired) electrons. The number of ether oxygens (including phenoxy) is 3. The highest BCUT2D eigenvalue weighted by molar-refractivity contribution is 5.72. The van der Waals surface area contributed by atoms with Crippen molar-refractivity contribution in [2.75, 3.05) is 7.11 Å². The van der Waals surface area contributed by atoms with Gasteiger partial charge in [0.05, 0.1) is 13.0 Å². The summed E-state index contributed by atoms with van der Waals surface area (Å²) in [6.45, 7) is 16.1. The number of allylic oxidation sites excluding steroid dienone is 1. The standard InChI is InChI=1S/C28H46O6/c1-10-18(3)26(31)34-25-24(33-21(6)29)20(5)27(7,15-14-17(2)16-23(30)32-9)22-13-11-12-19(4)28(22,25)8/h12,17-18,20,22,24-25H,10-11,13-16H2,1-9H3/t17-,18+,20+,22+,24+,25-,27-,28-/m0/s1. The molecule has 0 heterocycles. The van der Waals surface area contributed by atoms with Crippen molar-refractivity contribution in [1.82, 2.24) is 0 Å². The number of hydrogen-bond acceptors (Lipinski definition) is 6. The first-order valence-electron chi connectivity index (χ1n) is 12.9. The molecule has 8 atom stereocenters. The topological polar surface area (TPSA) is 78.9 Å². The molecule has 1 saturated carbocycles. The number of fused-ring (bicyclic) bond motifs is 1. The molecular formula is C28H46O6. The molecule has 2 aliphatic carbocycles. The molecule has 34 heavy (non-hydrogen) atoms. The van der Waals surface area contributed by atoms with Crippen LogP contribution in [0.5, 0.6) is 0 Å². The monoisotopic (exact) mass is 478 g/mol. The van der Waals surface area contributed by atoms with E-state index < -0.39 is 17.6 Å². The molecule has 0 spiro atoms. The van der Waals surface area contributed by atoms with Gasteiger partial charge in [0.15, 0.2) is 0 Å². The van der Waals surface area contributed by atoms with Crippen LogP contribution in [-0.4, -0.2) is 37.2 Å². The number of rotatable bonds is 9. The third-order valence-corrected chi connectivity index (χ3v) is 9.18. The average Bonchev–Trinajstić information content (AvgIpc) is 2.79. The van der Waals surface area contributed by atoms with Crippen LogP contribution in [0.1, 0.15) is 93.9 Å². The van der Waals surface area contributed by atoms with Gasteiger partial charge in [0.1, 0.15) is 12.2 Å². The fourth-order valence-corrected chi connectivity index (χ4v) is 6.38. The Morgan fingerprint density at radius 1 is 1.18 bits per heavy atom. The molecule has 0 amide bonds. The van der Waals surface area contributed by atoms with E-state index in [1.807, 2.05) is 13.8 Å². The summed E-state index contributed by atoms with van der Waals surface area (Å²) in [5.41, 5.74) is 0.603. The second-order valence-corrected chi connectivity index (χ2v) is 11.3. The summed E-state index contributed by atoms with van der Waals surface area (Å²) >= 11 is 0. The van der Waals surface area contributed by atoms with Crippen LogP contribution in [0, 0.1) is 34.5 Å². The van der Waals surface area contributed by atoms with Gasteiger partial charge in [-0.3, -0.25) is 14.4 Å². The van der Waals surface area contributed by atoms with Crippen LogP contribution in [0.3, 0.4) is 0 Å². The normalized spacial score (nSPS) is 34.8. The second kappa shape index (κ2) is 11.3. The predicted octanol–water partition coefficient (Wildman–Crippen LogP) is 5.87. The van der Waals surface area contributed by atoms with Gasteiger partial charge in [0.25, 0.3) is 0 Å².